The smallest absolute Gasteiger partial charge is 0.329 e. The Morgan fingerprint density at radius 1 is 1.06 bits per heavy atom. The molecule has 36 heavy (non-hydrogen) atoms. The number of rotatable bonds is 10. The molecule has 0 spiro atoms. The van der Waals surface area contributed by atoms with E-state index in [1.54, 1.807) is 6.92 Å². The van der Waals surface area contributed by atoms with Crippen LogP contribution in [-0.2, 0) is 23.9 Å². The molecule has 1 aliphatic rings. The van der Waals surface area contributed by atoms with Gasteiger partial charge in [-0.15, -0.1) is 0 Å². The van der Waals surface area contributed by atoms with E-state index in [9.17, 15) is 24.0 Å². The minimum absolute atomic E-state index is 0.0204. The molecular formula is C26H44N4O6. The number of amides is 4. The van der Waals surface area contributed by atoms with Crippen LogP contribution in [0.5, 0.6) is 0 Å². The molecule has 204 valence electrons. The number of likely N-dealkylation sites (tertiary alicyclic amines) is 1. The lowest BCUT2D eigenvalue weighted by molar-refractivity contribution is -0.145. The number of Topliss-reactive ketones (excluding diaryl/α,β-unsaturated/α-hetero) is 1. The SMILES string of the molecule is C=CCOC(=O)C(CC(C)(C)C)NC(=O)NC(C(=O)N1CCCC1C(=O)NC(C)C(C)=O)C(C)(C)C. The molecule has 3 N–H and O–H groups in total. The Labute approximate surface area is 214 Å². The number of esters is 1. The molecule has 1 rings (SSSR count). The van der Waals surface area contributed by atoms with Gasteiger partial charge in [-0.1, -0.05) is 54.2 Å². The van der Waals surface area contributed by atoms with Crippen LogP contribution in [0.25, 0.3) is 0 Å². The molecular weight excluding hydrogens is 464 g/mol. The van der Waals surface area contributed by atoms with E-state index in [4.69, 9.17) is 4.74 Å². The van der Waals surface area contributed by atoms with Crippen LogP contribution in [0.4, 0.5) is 4.79 Å². The summed E-state index contributed by atoms with van der Waals surface area (Å²) in [7, 11) is 0. The lowest BCUT2D eigenvalue weighted by Crippen LogP contribution is -2.60. The van der Waals surface area contributed by atoms with Gasteiger partial charge in [-0.25, -0.2) is 9.59 Å². The number of hydrogen-bond acceptors (Lipinski definition) is 6. The highest BCUT2D eigenvalue weighted by atomic mass is 16.5. The maximum Gasteiger partial charge on any atom is 0.329 e. The average molecular weight is 509 g/mol. The second kappa shape index (κ2) is 12.9. The first kappa shape index (κ1) is 31.1. The van der Waals surface area contributed by atoms with Crippen molar-refractivity contribution in [2.45, 2.75) is 98.8 Å². The first-order chi connectivity index (χ1) is 16.5. The summed E-state index contributed by atoms with van der Waals surface area (Å²) in [5.41, 5.74) is -0.967. The third-order valence-electron chi connectivity index (χ3n) is 5.95. The largest absolute Gasteiger partial charge is 0.460 e. The topological polar surface area (TPSA) is 134 Å². The minimum atomic E-state index is -0.962. The third kappa shape index (κ3) is 9.62. The molecule has 0 aromatic rings. The van der Waals surface area contributed by atoms with Gasteiger partial charge in [0.25, 0.3) is 0 Å². The maximum atomic E-state index is 13.6. The minimum Gasteiger partial charge on any atom is -0.460 e. The summed E-state index contributed by atoms with van der Waals surface area (Å²) in [6.07, 6.45) is 2.87. The molecule has 0 saturated carbocycles. The van der Waals surface area contributed by atoms with Gasteiger partial charge in [0.2, 0.25) is 11.8 Å². The van der Waals surface area contributed by atoms with Crippen LogP contribution in [0, 0.1) is 10.8 Å². The highest BCUT2D eigenvalue weighted by Crippen LogP contribution is 2.26. The summed E-state index contributed by atoms with van der Waals surface area (Å²) in [6, 6.07) is -3.94. The molecule has 10 heteroatoms. The van der Waals surface area contributed by atoms with E-state index in [2.05, 4.69) is 22.5 Å². The van der Waals surface area contributed by atoms with E-state index >= 15 is 0 Å². The fraction of sp³-hybridized carbons (Fsp3) is 0.731. The molecule has 1 saturated heterocycles. The summed E-state index contributed by atoms with van der Waals surface area (Å²) >= 11 is 0. The van der Waals surface area contributed by atoms with Gasteiger partial charge < -0.3 is 25.6 Å². The Morgan fingerprint density at radius 2 is 1.67 bits per heavy atom. The monoisotopic (exact) mass is 508 g/mol. The molecule has 10 nitrogen and oxygen atoms in total. The predicted octanol–water partition coefficient (Wildman–Crippen LogP) is 2.32. The first-order valence-corrected chi connectivity index (χ1v) is 12.4. The van der Waals surface area contributed by atoms with Crippen molar-refractivity contribution in [1.82, 2.24) is 20.9 Å². The molecule has 0 aliphatic carbocycles. The van der Waals surface area contributed by atoms with Gasteiger partial charge >= 0.3 is 12.0 Å². The number of nitrogens with zero attached hydrogens (tertiary/aromatic N) is 1. The van der Waals surface area contributed by atoms with Gasteiger partial charge in [-0.3, -0.25) is 14.4 Å². The number of nitrogens with one attached hydrogen (secondary N) is 3. The summed E-state index contributed by atoms with van der Waals surface area (Å²) in [5, 5.41) is 8.04. The van der Waals surface area contributed by atoms with E-state index in [-0.39, 0.29) is 17.8 Å². The highest BCUT2D eigenvalue weighted by molar-refractivity contribution is 5.95. The molecule has 0 bridgehead atoms. The standard InChI is InChI=1S/C26H44N4O6/c1-10-14-36-23(34)18(15-25(4,5)6)28-24(35)29-20(26(7,8)9)22(33)30-13-11-12-19(30)21(32)27-16(2)17(3)31/h10,16,18-20H,1,11-15H2,2-9H3,(H,27,32)(H2,28,29,35). The molecule has 1 heterocycles. The number of ether oxygens (including phenoxy) is 1. The van der Waals surface area contributed by atoms with Gasteiger partial charge in [0.15, 0.2) is 5.78 Å². The van der Waals surface area contributed by atoms with E-state index in [0.717, 1.165) is 0 Å². The van der Waals surface area contributed by atoms with Crippen molar-refractivity contribution in [1.29, 1.82) is 0 Å². The number of carbonyl (C=O) groups is 5. The van der Waals surface area contributed by atoms with Crippen LogP contribution < -0.4 is 16.0 Å². The number of carbonyl (C=O) groups excluding carboxylic acids is 5. The fourth-order valence-electron chi connectivity index (χ4n) is 3.91. The molecule has 1 fully saturated rings. The molecule has 0 radical (unpaired) electrons. The lowest BCUT2D eigenvalue weighted by Gasteiger charge is -2.36. The zero-order valence-electron chi connectivity index (χ0n) is 23.0. The molecule has 0 aromatic heterocycles. The zero-order chi connectivity index (χ0) is 27.8. The predicted molar refractivity (Wildman–Crippen MR) is 137 cm³/mol. The Hall–Kier alpha value is -2.91. The van der Waals surface area contributed by atoms with Crippen LogP contribution in [0.15, 0.2) is 12.7 Å². The maximum absolute atomic E-state index is 13.6. The number of hydrogen-bond donors (Lipinski definition) is 3. The second-order valence-electron chi connectivity index (χ2n) is 11.7. The van der Waals surface area contributed by atoms with E-state index in [1.807, 2.05) is 41.5 Å². The van der Waals surface area contributed by atoms with Gasteiger partial charge in [0.1, 0.15) is 24.7 Å². The molecule has 0 aromatic carbocycles. The summed E-state index contributed by atoms with van der Waals surface area (Å²) in [6.45, 7) is 18.1. The molecule has 4 unspecified atom stereocenters. The summed E-state index contributed by atoms with van der Waals surface area (Å²) in [4.78, 5) is 64.9. The first-order valence-electron chi connectivity index (χ1n) is 12.4. The Bertz CT molecular complexity index is 842. The van der Waals surface area contributed by atoms with Crippen molar-refractivity contribution in [2.75, 3.05) is 13.2 Å². The second-order valence-corrected chi connectivity index (χ2v) is 11.7. The third-order valence-corrected chi connectivity index (χ3v) is 5.95. The van der Waals surface area contributed by atoms with E-state index < -0.39 is 53.4 Å². The van der Waals surface area contributed by atoms with Crippen LogP contribution in [0.2, 0.25) is 0 Å². The quantitative estimate of drug-likeness (QED) is 0.306. The molecule has 4 amide bonds. The van der Waals surface area contributed by atoms with Gasteiger partial charge in [-0.2, -0.15) is 0 Å². The zero-order valence-corrected chi connectivity index (χ0v) is 23.0. The Kier molecular flexibility index (Phi) is 11.1. The van der Waals surface area contributed by atoms with Gasteiger partial charge in [0, 0.05) is 6.54 Å². The normalized spacial score (nSPS) is 18.4. The molecule has 4 atom stereocenters. The van der Waals surface area contributed by atoms with Crippen LogP contribution in [0.1, 0.15) is 74.7 Å². The van der Waals surface area contributed by atoms with Crippen molar-refractivity contribution in [3.8, 4) is 0 Å². The van der Waals surface area contributed by atoms with Crippen molar-refractivity contribution in [3.05, 3.63) is 12.7 Å². The van der Waals surface area contributed by atoms with Gasteiger partial charge in [-0.05, 0) is 43.9 Å². The van der Waals surface area contributed by atoms with Crippen molar-refractivity contribution >= 4 is 29.6 Å². The van der Waals surface area contributed by atoms with Crippen molar-refractivity contribution in [3.63, 3.8) is 0 Å². The summed E-state index contributed by atoms with van der Waals surface area (Å²) in [5.74, 6) is -1.56. The summed E-state index contributed by atoms with van der Waals surface area (Å²) < 4.78 is 5.15. The van der Waals surface area contributed by atoms with Crippen LogP contribution >= 0.6 is 0 Å². The van der Waals surface area contributed by atoms with Crippen LogP contribution in [0.3, 0.4) is 0 Å². The van der Waals surface area contributed by atoms with E-state index in [1.165, 1.54) is 17.9 Å². The van der Waals surface area contributed by atoms with Crippen LogP contribution in [-0.4, -0.2) is 71.8 Å². The van der Waals surface area contributed by atoms with Gasteiger partial charge in [0.05, 0.1) is 6.04 Å². The average Bonchev–Trinajstić information content (AvgIpc) is 3.23. The fourth-order valence-corrected chi connectivity index (χ4v) is 3.91. The Morgan fingerprint density at radius 3 is 2.17 bits per heavy atom. The van der Waals surface area contributed by atoms with Crippen molar-refractivity contribution in [2.24, 2.45) is 10.8 Å². The molecule has 1 aliphatic heterocycles. The Balaban J connectivity index is 3.05. The highest BCUT2D eigenvalue weighted by Gasteiger charge is 2.42. The van der Waals surface area contributed by atoms with E-state index in [0.29, 0.717) is 25.8 Å². The van der Waals surface area contributed by atoms with Crippen molar-refractivity contribution < 1.29 is 28.7 Å². The number of urea groups is 1. The number of ketones is 1. The lowest BCUT2D eigenvalue weighted by atomic mass is 9.85.